The Bertz CT molecular complexity index is 624. The molecule has 3 heteroatoms. The number of nitrogens with two attached hydrogens (primary N) is 1. The summed E-state index contributed by atoms with van der Waals surface area (Å²) in [6.45, 7) is 0.808. The number of hydrogen-bond donors (Lipinski definition) is 1. The molecule has 1 unspecified atom stereocenters. The van der Waals surface area contributed by atoms with Gasteiger partial charge < -0.3 is 15.2 Å². The number of methoxy groups -OCH3 is 1. The summed E-state index contributed by atoms with van der Waals surface area (Å²) >= 11 is 0. The zero-order chi connectivity index (χ0) is 14.7. The molecule has 1 aliphatic heterocycles. The summed E-state index contributed by atoms with van der Waals surface area (Å²) < 4.78 is 10.8. The van der Waals surface area contributed by atoms with Crippen LogP contribution in [0.25, 0.3) is 0 Å². The Hall–Kier alpha value is -2.00. The van der Waals surface area contributed by atoms with Gasteiger partial charge in [-0.1, -0.05) is 24.3 Å². The molecule has 0 saturated carbocycles. The Labute approximate surface area is 125 Å². The molecule has 2 aromatic rings. The zero-order valence-electron chi connectivity index (χ0n) is 12.3. The van der Waals surface area contributed by atoms with Crippen molar-refractivity contribution in [2.24, 2.45) is 5.73 Å². The highest BCUT2D eigenvalue weighted by Crippen LogP contribution is 2.27. The monoisotopic (exact) mass is 283 g/mol. The van der Waals surface area contributed by atoms with Crippen LogP contribution in [0, 0.1) is 0 Å². The van der Waals surface area contributed by atoms with E-state index in [1.54, 1.807) is 7.11 Å². The molecule has 1 heterocycles. The molecule has 0 aromatic heterocycles. The number of fused-ring (bicyclic) bond motifs is 1. The van der Waals surface area contributed by atoms with E-state index < -0.39 is 0 Å². The second-order valence-corrected chi connectivity index (χ2v) is 5.46. The molecule has 3 rings (SSSR count). The van der Waals surface area contributed by atoms with Gasteiger partial charge in [-0.15, -0.1) is 0 Å². The molecular weight excluding hydrogens is 262 g/mol. The van der Waals surface area contributed by atoms with Crippen molar-refractivity contribution in [1.82, 2.24) is 0 Å². The Morgan fingerprint density at radius 2 is 2.14 bits per heavy atom. The van der Waals surface area contributed by atoms with E-state index >= 15 is 0 Å². The first-order valence-corrected chi connectivity index (χ1v) is 7.40. The van der Waals surface area contributed by atoms with Crippen molar-refractivity contribution in [3.63, 3.8) is 0 Å². The number of ether oxygens (including phenoxy) is 2. The van der Waals surface area contributed by atoms with Gasteiger partial charge in [0.15, 0.2) is 0 Å². The highest BCUT2D eigenvalue weighted by molar-refractivity contribution is 5.40. The summed E-state index contributed by atoms with van der Waals surface area (Å²) in [7, 11) is 1.68. The van der Waals surface area contributed by atoms with Crippen LogP contribution in [-0.2, 0) is 12.8 Å². The topological polar surface area (TPSA) is 44.5 Å². The van der Waals surface area contributed by atoms with E-state index in [4.69, 9.17) is 15.2 Å². The molecule has 3 nitrogen and oxygen atoms in total. The number of rotatable bonds is 5. The fraction of sp³-hybridized carbons (Fsp3) is 0.333. The first-order valence-electron chi connectivity index (χ1n) is 7.40. The third-order valence-corrected chi connectivity index (χ3v) is 4.02. The summed E-state index contributed by atoms with van der Waals surface area (Å²) in [6.07, 6.45) is 2.92. The van der Waals surface area contributed by atoms with Crippen molar-refractivity contribution >= 4 is 0 Å². The lowest BCUT2D eigenvalue weighted by Gasteiger charge is -2.13. The lowest BCUT2D eigenvalue weighted by molar-refractivity contribution is 0.357. The molecule has 0 saturated heterocycles. The molecule has 0 radical (unpaired) electrons. The largest absolute Gasteiger partial charge is 0.497 e. The highest BCUT2D eigenvalue weighted by atomic mass is 16.5. The van der Waals surface area contributed by atoms with Gasteiger partial charge in [-0.3, -0.25) is 0 Å². The van der Waals surface area contributed by atoms with E-state index in [2.05, 4.69) is 24.3 Å². The number of benzene rings is 2. The Balaban J connectivity index is 1.64. The summed E-state index contributed by atoms with van der Waals surface area (Å²) in [6, 6.07) is 14.5. The Morgan fingerprint density at radius 3 is 3.00 bits per heavy atom. The lowest BCUT2D eigenvalue weighted by atomic mass is 9.98. The minimum absolute atomic E-state index is 0.0320. The van der Waals surface area contributed by atoms with Crippen LogP contribution in [-0.4, -0.2) is 13.7 Å². The van der Waals surface area contributed by atoms with E-state index in [0.29, 0.717) is 0 Å². The molecule has 0 spiro atoms. The molecule has 2 N–H and O–H groups in total. The van der Waals surface area contributed by atoms with Gasteiger partial charge in [0.1, 0.15) is 11.5 Å². The van der Waals surface area contributed by atoms with Crippen molar-refractivity contribution in [2.75, 3.05) is 13.7 Å². The lowest BCUT2D eigenvalue weighted by Crippen LogP contribution is -2.11. The Morgan fingerprint density at radius 1 is 1.24 bits per heavy atom. The van der Waals surface area contributed by atoms with Gasteiger partial charge in [0, 0.05) is 12.5 Å². The average molecular weight is 283 g/mol. The predicted molar refractivity (Wildman–Crippen MR) is 83.9 cm³/mol. The fourth-order valence-electron chi connectivity index (χ4n) is 2.76. The summed E-state index contributed by atoms with van der Waals surface area (Å²) in [5.41, 5.74) is 10.1. The first-order chi connectivity index (χ1) is 10.3. The molecule has 0 aliphatic carbocycles. The first kappa shape index (κ1) is 14.0. The van der Waals surface area contributed by atoms with E-state index in [9.17, 15) is 0 Å². The van der Waals surface area contributed by atoms with E-state index in [1.165, 1.54) is 11.1 Å². The molecule has 0 bridgehead atoms. The van der Waals surface area contributed by atoms with Crippen molar-refractivity contribution in [1.29, 1.82) is 0 Å². The normalized spacial score (nSPS) is 14.4. The molecule has 0 fully saturated rings. The molecule has 0 amide bonds. The quantitative estimate of drug-likeness (QED) is 0.916. The molecule has 1 aliphatic rings. The molecule has 110 valence electrons. The molecule has 1 atom stereocenters. The maximum absolute atomic E-state index is 6.30. The van der Waals surface area contributed by atoms with Crippen molar-refractivity contribution in [3.05, 3.63) is 59.2 Å². The van der Waals surface area contributed by atoms with Crippen LogP contribution in [0.4, 0.5) is 0 Å². The summed E-state index contributed by atoms with van der Waals surface area (Å²) in [5.74, 6) is 1.90. The van der Waals surface area contributed by atoms with Crippen LogP contribution in [0.5, 0.6) is 11.5 Å². The second-order valence-electron chi connectivity index (χ2n) is 5.46. The third-order valence-electron chi connectivity index (χ3n) is 4.02. The SMILES string of the molecule is COc1cccc(C(N)CCc2ccc3c(c2)CCO3)c1. The van der Waals surface area contributed by atoms with Crippen LogP contribution in [0.3, 0.4) is 0 Å². The van der Waals surface area contributed by atoms with Crippen LogP contribution >= 0.6 is 0 Å². The maximum Gasteiger partial charge on any atom is 0.122 e. The minimum atomic E-state index is 0.0320. The predicted octanol–water partition coefficient (Wildman–Crippen LogP) is 3.26. The highest BCUT2D eigenvalue weighted by Gasteiger charge is 2.13. The van der Waals surface area contributed by atoms with Crippen molar-refractivity contribution < 1.29 is 9.47 Å². The summed E-state index contributed by atoms with van der Waals surface area (Å²) in [4.78, 5) is 0. The van der Waals surface area contributed by atoms with Gasteiger partial charge in [0.2, 0.25) is 0 Å². The smallest absolute Gasteiger partial charge is 0.122 e. The van der Waals surface area contributed by atoms with Crippen LogP contribution < -0.4 is 15.2 Å². The van der Waals surface area contributed by atoms with E-state index in [0.717, 1.165) is 42.9 Å². The van der Waals surface area contributed by atoms with Gasteiger partial charge in [-0.25, -0.2) is 0 Å². The average Bonchev–Trinajstić information content (AvgIpc) is 3.00. The van der Waals surface area contributed by atoms with Crippen molar-refractivity contribution in [3.8, 4) is 11.5 Å². The second kappa shape index (κ2) is 6.19. The maximum atomic E-state index is 6.30. The zero-order valence-corrected chi connectivity index (χ0v) is 12.3. The van der Waals surface area contributed by atoms with Gasteiger partial charge in [0.05, 0.1) is 13.7 Å². The number of hydrogen-bond acceptors (Lipinski definition) is 3. The molecule has 21 heavy (non-hydrogen) atoms. The van der Waals surface area contributed by atoms with Gasteiger partial charge in [-0.2, -0.15) is 0 Å². The van der Waals surface area contributed by atoms with Gasteiger partial charge in [-0.05, 0) is 47.7 Å². The standard InChI is InChI=1S/C18H21NO2/c1-20-16-4-2-3-14(12-16)17(19)7-5-13-6-8-18-15(11-13)9-10-21-18/h2-4,6,8,11-12,17H,5,7,9-10,19H2,1H3. The minimum Gasteiger partial charge on any atom is -0.497 e. The molecular formula is C18H21NO2. The fourth-order valence-corrected chi connectivity index (χ4v) is 2.76. The Kier molecular flexibility index (Phi) is 4.11. The van der Waals surface area contributed by atoms with Crippen LogP contribution in [0.2, 0.25) is 0 Å². The third kappa shape index (κ3) is 3.19. The van der Waals surface area contributed by atoms with Gasteiger partial charge in [0.25, 0.3) is 0 Å². The summed E-state index contributed by atoms with van der Waals surface area (Å²) in [5, 5.41) is 0. The van der Waals surface area contributed by atoms with Gasteiger partial charge >= 0.3 is 0 Å². The van der Waals surface area contributed by atoms with Crippen LogP contribution in [0.15, 0.2) is 42.5 Å². The van der Waals surface area contributed by atoms with E-state index in [1.807, 2.05) is 18.2 Å². The van der Waals surface area contributed by atoms with Crippen molar-refractivity contribution in [2.45, 2.75) is 25.3 Å². The van der Waals surface area contributed by atoms with Crippen LogP contribution in [0.1, 0.15) is 29.2 Å². The molecule has 2 aromatic carbocycles. The van der Waals surface area contributed by atoms with E-state index in [-0.39, 0.29) is 6.04 Å². The number of aryl methyl sites for hydroxylation is 1.